The summed E-state index contributed by atoms with van der Waals surface area (Å²) < 4.78 is 5.63. The van der Waals surface area contributed by atoms with E-state index in [0.717, 1.165) is 27.1 Å². The minimum absolute atomic E-state index is 0.109. The Kier molecular flexibility index (Phi) is 5.06. The second-order valence-corrected chi connectivity index (χ2v) is 6.71. The number of carbonyl (C=O) groups excluding carboxylic acids is 1. The highest BCUT2D eigenvalue weighted by Crippen LogP contribution is 2.46. The summed E-state index contributed by atoms with van der Waals surface area (Å²) in [6, 6.07) is 21.0. The fourth-order valence-electron chi connectivity index (χ4n) is 3.71. The normalized spacial score (nSPS) is 11.0. The minimum Gasteiger partial charge on any atom is -0.506 e. The third-order valence-corrected chi connectivity index (χ3v) is 5.02. The second-order valence-electron chi connectivity index (χ2n) is 6.71. The molecule has 4 aromatic rings. The first-order chi connectivity index (χ1) is 14.2. The number of methoxy groups -OCH3 is 1. The van der Waals surface area contributed by atoms with E-state index in [1.54, 1.807) is 13.2 Å². The molecule has 0 fully saturated rings. The standard InChI is InChI=1S/C24H21NO4/c1-29-20-11-10-15-6-2-4-8-17(15)21(20)22-18-9-5-3-7-16(18)14-19(23(22)27)24(28)25-12-13-26/h2-11,14,26-27H,12-13H2,1H3,(H,25,28). The molecule has 0 radical (unpaired) electrons. The Morgan fingerprint density at radius 3 is 2.28 bits per heavy atom. The Bertz CT molecular complexity index is 1220. The molecule has 0 aliphatic carbocycles. The van der Waals surface area contributed by atoms with Crippen molar-refractivity contribution in [2.45, 2.75) is 0 Å². The Morgan fingerprint density at radius 2 is 1.59 bits per heavy atom. The average Bonchev–Trinajstić information content (AvgIpc) is 2.76. The van der Waals surface area contributed by atoms with Crippen LogP contribution in [0.4, 0.5) is 0 Å². The van der Waals surface area contributed by atoms with Gasteiger partial charge in [-0.05, 0) is 33.7 Å². The Morgan fingerprint density at radius 1 is 0.931 bits per heavy atom. The highest BCUT2D eigenvalue weighted by molar-refractivity contribution is 6.13. The smallest absolute Gasteiger partial charge is 0.255 e. The van der Waals surface area contributed by atoms with Gasteiger partial charge < -0.3 is 20.3 Å². The SMILES string of the molecule is COc1ccc2ccccc2c1-c1c(O)c(C(=O)NCCO)cc2ccccc12. The summed E-state index contributed by atoms with van der Waals surface area (Å²) in [7, 11) is 1.59. The number of hydrogen-bond acceptors (Lipinski definition) is 4. The molecule has 0 aromatic heterocycles. The maximum absolute atomic E-state index is 12.7. The van der Waals surface area contributed by atoms with E-state index in [2.05, 4.69) is 5.32 Å². The van der Waals surface area contributed by atoms with E-state index < -0.39 is 5.91 Å². The van der Waals surface area contributed by atoms with E-state index in [4.69, 9.17) is 9.84 Å². The van der Waals surface area contributed by atoms with Crippen molar-refractivity contribution < 1.29 is 19.7 Å². The van der Waals surface area contributed by atoms with Gasteiger partial charge in [-0.25, -0.2) is 0 Å². The Balaban J connectivity index is 2.10. The zero-order valence-corrected chi connectivity index (χ0v) is 16.0. The molecule has 0 atom stereocenters. The summed E-state index contributed by atoms with van der Waals surface area (Å²) in [4.78, 5) is 12.7. The first-order valence-corrected chi connectivity index (χ1v) is 9.35. The van der Waals surface area contributed by atoms with E-state index in [1.165, 1.54) is 0 Å². The van der Waals surface area contributed by atoms with Gasteiger partial charge in [0.25, 0.3) is 5.91 Å². The number of rotatable bonds is 5. The summed E-state index contributed by atoms with van der Waals surface area (Å²) in [5.74, 6) is 0.0496. The molecule has 1 amide bonds. The molecule has 0 spiro atoms. The lowest BCUT2D eigenvalue weighted by Gasteiger charge is -2.18. The fraction of sp³-hybridized carbons (Fsp3) is 0.125. The lowest BCUT2D eigenvalue weighted by atomic mass is 9.90. The maximum atomic E-state index is 12.7. The Labute approximate surface area is 168 Å². The van der Waals surface area contributed by atoms with Crippen molar-refractivity contribution >= 4 is 27.5 Å². The van der Waals surface area contributed by atoms with Crippen LogP contribution >= 0.6 is 0 Å². The van der Waals surface area contributed by atoms with Gasteiger partial charge in [0.15, 0.2) is 0 Å². The van der Waals surface area contributed by atoms with Crippen molar-refractivity contribution in [2.24, 2.45) is 0 Å². The number of aromatic hydroxyl groups is 1. The second kappa shape index (κ2) is 7.81. The van der Waals surface area contributed by atoms with Crippen molar-refractivity contribution in [2.75, 3.05) is 20.3 Å². The zero-order chi connectivity index (χ0) is 20.4. The van der Waals surface area contributed by atoms with Crippen LogP contribution in [0.5, 0.6) is 11.5 Å². The molecule has 5 heteroatoms. The number of hydrogen-bond donors (Lipinski definition) is 3. The van der Waals surface area contributed by atoms with Crippen LogP contribution in [0, 0.1) is 0 Å². The van der Waals surface area contributed by atoms with E-state index in [-0.39, 0.29) is 24.5 Å². The van der Waals surface area contributed by atoms with Crippen LogP contribution in [-0.4, -0.2) is 36.4 Å². The average molecular weight is 387 g/mol. The summed E-state index contributed by atoms with van der Waals surface area (Å²) in [5.41, 5.74) is 1.43. The number of fused-ring (bicyclic) bond motifs is 2. The van der Waals surface area contributed by atoms with Gasteiger partial charge in [-0.15, -0.1) is 0 Å². The molecule has 0 bridgehead atoms. The topological polar surface area (TPSA) is 78.8 Å². The minimum atomic E-state index is -0.442. The molecule has 3 N–H and O–H groups in total. The molecular formula is C24H21NO4. The summed E-state index contributed by atoms with van der Waals surface area (Å²) in [5, 5.41) is 26.4. The molecule has 146 valence electrons. The number of phenols is 1. The molecule has 0 heterocycles. The molecule has 0 saturated heterocycles. The van der Waals surface area contributed by atoms with Gasteiger partial charge in [0, 0.05) is 17.7 Å². The van der Waals surface area contributed by atoms with Gasteiger partial charge in [0.05, 0.1) is 19.3 Å². The van der Waals surface area contributed by atoms with E-state index >= 15 is 0 Å². The van der Waals surface area contributed by atoms with E-state index in [9.17, 15) is 9.90 Å². The number of phenolic OH excluding ortho intramolecular Hbond substituents is 1. The third kappa shape index (κ3) is 3.26. The van der Waals surface area contributed by atoms with Crippen molar-refractivity contribution in [1.29, 1.82) is 0 Å². The van der Waals surface area contributed by atoms with Crippen LogP contribution < -0.4 is 10.1 Å². The fourth-order valence-corrected chi connectivity index (χ4v) is 3.71. The van der Waals surface area contributed by atoms with Crippen LogP contribution in [0.2, 0.25) is 0 Å². The summed E-state index contributed by atoms with van der Waals surface area (Å²) in [6.45, 7) is -0.0674. The highest BCUT2D eigenvalue weighted by Gasteiger charge is 2.22. The largest absolute Gasteiger partial charge is 0.506 e. The number of aliphatic hydroxyl groups is 1. The van der Waals surface area contributed by atoms with Gasteiger partial charge >= 0.3 is 0 Å². The maximum Gasteiger partial charge on any atom is 0.255 e. The number of benzene rings is 4. The van der Waals surface area contributed by atoms with Gasteiger partial charge in [-0.1, -0.05) is 54.6 Å². The predicted octanol–water partition coefficient (Wildman–Crippen LogP) is 4.10. The number of aliphatic hydroxyl groups excluding tert-OH is 1. The van der Waals surface area contributed by atoms with Crippen LogP contribution in [0.1, 0.15) is 10.4 Å². The van der Waals surface area contributed by atoms with Gasteiger partial charge in [0.2, 0.25) is 0 Å². The first-order valence-electron chi connectivity index (χ1n) is 9.35. The third-order valence-electron chi connectivity index (χ3n) is 5.02. The number of ether oxygens (including phenoxy) is 1. The highest BCUT2D eigenvalue weighted by atomic mass is 16.5. The molecule has 0 aliphatic heterocycles. The van der Waals surface area contributed by atoms with Gasteiger partial charge in [0.1, 0.15) is 11.5 Å². The molecule has 0 unspecified atom stereocenters. The van der Waals surface area contributed by atoms with Crippen molar-refractivity contribution in [3.63, 3.8) is 0 Å². The van der Waals surface area contributed by atoms with Gasteiger partial charge in [-0.2, -0.15) is 0 Å². The van der Waals surface area contributed by atoms with Crippen LogP contribution in [0.15, 0.2) is 66.7 Å². The zero-order valence-electron chi connectivity index (χ0n) is 16.0. The molecule has 0 saturated carbocycles. The quantitative estimate of drug-likeness (QED) is 0.482. The molecule has 4 aromatic carbocycles. The number of nitrogens with one attached hydrogen (secondary N) is 1. The molecule has 29 heavy (non-hydrogen) atoms. The van der Waals surface area contributed by atoms with E-state index in [0.29, 0.717) is 11.3 Å². The van der Waals surface area contributed by atoms with Crippen molar-refractivity contribution in [1.82, 2.24) is 5.32 Å². The number of carbonyl (C=O) groups is 1. The van der Waals surface area contributed by atoms with E-state index in [1.807, 2.05) is 60.7 Å². The van der Waals surface area contributed by atoms with Crippen LogP contribution in [-0.2, 0) is 0 Å². The lowest BCUT2D eigenvalue weighted by Crippen LogP contribution is -2.26. The van der Waals surface area contributed by atoms with Crippen LogP contribution in [0.25, 0.3) is 32.7 Å². The Hall–Kier alpha value is -3.57. The van der Waals surface area contributed by atoms with Gasteiger partial charge in [-0.3, -0.25) is 4.79 Å². The molecule has 5 nitrogen and oxygen atoms in total. The molecule has 0 aliphatic rings. The summed E-state index contributed by atoms with van der Waals surface area (Å²) in [6.07, 6.45) is 0. The number of amides is 1. The van der Waals surface area contributed by atoms with Crippen LogP contribution in [0.3, 0.4) is 0 Å². The monoisotopic (exact) mass is 387 g/mol. The predicted molar refractivity (Wildman–Crippen MR) is 115 cm³/mol. The molecule has 4 rings (SSSR count). The first kappa shape index (κ1) is 18.8. The lowest BCUT2D eigenvalue weighted by molar-refractivity contribution is 0.0942. The van der Waals surface area contributed by atoms with Crippen molar-refractivity contribution in [3.05, 3.63) is 72.3 Å². The summed E-state index contributed by atoms with van der Waals surface area (Å²) >= 11 is 0. The van der Waals surface area contributed by atoms with Crippen molar-refractivity contribution in [3.8, 4) is 22.6 Å². The molecular weight excluding hydrogens is 366 g/mol.